The molecule has 0 fully saturated rings. The average molecular weight is 290 g/mol. The van der Waals surface area contributed by atoms with Gasteiger partial charge in [0, 0.05) is 5.69 Å². The Hall–Kier alpha value is -2.70. The number of nitrogens with zero attached hydrogens (tertiary/aromatic N) is 3. The smallest absolute Gasteiger partial charge is 0.264 e. The number of nitriles is 1. The Morgan fingerprint density at radius 3 is 2.25 bits per heavy atom. The number of aromatic nitrogens is 2. The number of benzene rings is 1. The molecule has 0 bridgehead atoms. The number of nitrogen functional groups attached to an aromatic ring is 1. The SMILES string of the molecule is N#Cc1ccc(NS(=O)(=O)c2cnc(NN)nc2)cc1. The molecule has 0 aliphatic heterocycles. The molecule has 0 aliphatic rings. The Balaban J connectivity index is 2.23. The van der Waals surface area contributed by atoms with Gasteiger partial charge in [-0.1, -0.05) is 0 Å². The van der Waals surface area contributed by atoms with Crippen LogP contribution >= 0.6 is 0 Å². The number of nitrogens with two attached hydrogens (primary N) is 1. The zero-order valence-electron chi connectivity index (χ0n) is 10.1. The number of nitrogens with one attached hydrogen (secondary N) is 2. The van der Waals surface area contributed by atoms with E-state index in [9.17, 15) is 8.42 Å². The van der Waals surface area contributed by atoms with Gasteiger partial charge in [0.1, 0.15) is 4.90 Å². The van der Waals surface area contributed by atoms with Crippen molar-refractivity contribution in [3.05, 3.63) is 42.2 Å². The molecule has 0 radical (unpaired) electrons. The molecule has 20 heavy (non-hydrogen) atoms. The summed E-state index contributed by atoms with van der Waals surface area (Å²) in [5, 5.41) is 8.67. The van der Waals surface area contributed by atoms with Gasteiger partial charge >= 0.3 is 0 Å². The van der Waals surface area contributed by atoms with E-state index in [1.54, 1.807) is 0 Å². The second kappa shape index (κ2) is 5.52. The molecule has 4 N–H and O–H groups in total. The van der Waals surface area contributed by atoms with E-state index in [0.29, 0.717) is 11.3 Å². The van der Waals surface area contributed by atoms with Crippen LogP contribution in [0.15, 0.2) is 41.6 Å². The van der Waals surface area contributed by atoms with Crippen LogP contribution in [0.1, 0.15) is 5.56 Å². The Morgan fingerprint density at radius 1 is 1.15 bits per heavy atom. The largest absolute Gasteiger partial charge is 0.292 e. The molecule has 1 heterocycles. The fourth-order valence-electron chi connectivity index (χ4n) is 1.36. The summed E-state index contributed by atoms with van der Waals surface area (Å²) in [6.07, 6.45) is 2.27. The molecule has 2 aromatic rings. The molecule has 9 heteroatoms. The van der Waals surface area contributed by atoms with Crippen molar-refractivity contribution < 1.29 is 8.42 Å². The molecule has 8 nitrogen and oxygen atoms in total. The quantitative estimate of drug-likeness (QED) is 0.549. The van der Waals surface area contributed by atoms with Gasteiger partial charge in [-0.15, -0.1) is 0 Å². The molecule has 1 aromatic carbocycles. The zero-order chi connectivity index (χ0) is 14.6. The fraction of sp³-hybridized carbons (Fsp3) is 0. The number of rotatable bonds is 4. The number of anilines is 2. The summed E-state index contributed by atoms with van der Waals surface area (Å²) in [7, 11) is -3.78. The molecular formula is C11H10N6O2S. The van der Waals surface area contributed by atoms with E-state index in [1.165, 1.54) is 24.3 Å². The van der Waals surface area contributed by atoms with Crippen LogP contribution in [0.3, 0.4) is 0 Å². The first-order valence-corrected chi connectivity index (χ1v) is 6.85. The molecule has 0 spiro atoms. The van der Waals surface area contributed by atoms with Crippen molar-refractivity contribution >= 4 is 21.7 Å². The summed E-state index contributed by atoms with van der Waals surface area (Å²) in [6, 6.07) is 7.95. The highest BCUT2D eigenvalue weighted by Gasteiger charge is 2.15. The molecule has 1 aromatic heterocycles. The van der Waals surface area contributed by atoms with Crippen LogP contribution in [0.25, 0.3) is 0 Å². The number of hydrazine groups is 1. The first kappa shape index (κ1) is 13.7. The molecule has 0 amide bonds. The maximum absolute atomic E-state index is 12.0. The molecule has 0 unspecified atom stereocenters. The fourth-order valence-corrected chi connectivity index (χ4v) is 2.30. The Labute approximate surface area is 115 Å². The van der Waals surface area contributed by atoms with E-state index < -0.39 is 10.0 Å². The van der Waals surface area contributed by atoms with Crippen LogP contribution in [0.2, 0.25) is 0 Å². The lowest BCUT2D eigenvalue weighted by Crippen LogP contribution is -2.15. The third kappa shape index (κ3) is 3.00. The van der Waals surface area contributed by atoms with Crippen molar-refractivity contribution in [1.29, 1.82) is 5.26 Å². The lowest BCUT2D eigenvalue weighted by Gasteiger charge is -2.07. The van der Waals surface area contributed by atoms with Crippen molar-refractivity contribution in [1.82, 2.24) is 9.97 Å². The first-order valence-electron chi connectivity index (χ1n) is 5.37. The van der Waals surface area contributed by atoms with E-state index in [2.05, 4.69) is 20.1 Å². The average Bonchev–Trinajstić information content (AvgIpc) is 2.48. The van der Waals surface area contributed by atoms with Crippen LogP contribution in [0, 0.1) is 11.3 Å². The Bertz CT molecular complexity index is 734. The van der Waals surface area contributed by atoms with Crippen molar-refractivity contribution in [2.75, 3.05) is 10.1 Å². The predicted molar refractivity (Wildman–Crippen MR) is 71.8 cm³/mol. The molecule has 0 saturated heterocycles. The van der Waals surface area contributed by atoms with E-state index in [-0.39, 0.29) is 10.8 Å². The van der Waals surface area contributed by atoms with Gasteiger partial charge < -0.3 is 0 Å². The van der Waals surface area contributed by atoms with Gasteiger partial charge in [-0.25, -0.2) is 24.2 Å². The molecule has 0 saturated carbocycles. The lowest BCUT2D eigenvalue weighted by molar-refractivity contribution is 0.600. The second-order valence-corrected chi connectivity index (χ2v) is 5.36. The molecule has 102 valence electrons. The Morgan fingerprint density at radius 2 is 1.75 bits per heavy atom. The third-order valence-corrected chi connectivity index (χ3v) is 3.67. The summed E-state index contributed by atoms with van der Waals surface area (Å²) in [4.78, 5) is 7.35. The van der Waals surface area contributed by atoms with Gasteiger partial charge in [0.05, 0.1) is 24.0 Å². The minimum Gasteiger partial charge on any atom is -0.292 e. The van der Waals surface area contributed by atoms with E-state index >= 15 is 0 Å². The van der Waals surface area contributed by atoms with E-state index in [1.807, 2.05) is 6.07 Å². The number of hydrogen-bond donors (Lipinski definition) is 3. The van der Waals surface area contributed by atoms with Gasteiger partial charge in [0.25, 0.3) is 10.0 Å². The van der Waals surface area contributed by atoms with E-state index in [4.69, 9.17) is 11.1 Å². The van der Waals surface area contributed by atoms with Crippen molar-refractivity contribution in [2.45, 2.75) is 4.90 Å². The lowest BCUT2D eigenvalue weighted by atomic mass is 10.2. The summed E-state index contributed by atoms with van der Waals surface area (Å²) < 4.78 is 26.5. The minimum atomic E-state index is -3.78. The first-order chi connectivity index (χ1) is 9.55. The summed E-state index contributed by atoms with van der Waals surface area (Å²) in [5.41, 5.74) is 2.98. The van der Waals surface area contributed by atoms with Gasteiger partial charge in [0.15, 0.2) is 0 Å². The van der Waals surface area contributed by atoms with Gasteiger partial charge in [-0.3, -0.25) is 10.1 Å². The predicted octanol–water partition coefficient (Wildman–Crippen LogP) is 0.435. The highest BCUT2D eigenvalue weighted by molar-refractivity contribution is 7.92. The topological polar surface area (TPSA) is 134 Å². The zero-order valence-corrected chi connectivity index (χ0v) is 10.9. The third-order valence-electron chi connectivity index (χ3n) is 2.33. The van der Waals surface area contributed by atoms with Crippen LogP contribution in [0.4, 0.5) is 11.6 Å². The number of hydrogen-bond acceptors (Lipinski definition) is 7. The highest BCUT2D eigenvalue weighted by Crippen LogP contribution is 2.15. The highest BCUT2D eigenvalue weighted by atomic mass is 32.2. The molecule has 0 aliphatic carbocycles. The Kier molecular flexibility index (Phi) is 3.79. The summed E-state index contributed by atoms with van der Waals surface area (Å²) in [6.45, 7) is 0. The van der Waals surface area contributed by atoms with Crippen LogP contribution in [0.5, 0.6) is 0 Å². The van der Waals surface area contributed by atoms with Gasteiger partial charge in [0.2, 0.25) is 5.95 Å². The van der Waals surface area contributed by atoms with Crippen LogP contribution < -0.4 is 16.0 Å². The van der Waals surface area contributed by atoms with Gasteiger partial charge in [-0.2, -0.15) is 5.26 Å². The van der Waals surface area contributed by atoms with Crippen molar-refractivity contribution in [2.24, 2.45) is 5.84 Å². The molecular weight excluding hydrogens is 280 g/mol. The second-order valence-electron chi connectivity index (χ2n) is 3.68. The number of sulfonamides is 1. The van der Waals surface area contributed by atoms with Gasteiger partial charge in [-0.05, 0) is 24.3 Å². The molecule has 2 rings (SSSR count). The van der Waals surface area contributed by atoms with Crippen molar-refractivity contribution in [3.8, 4) is 6.07 Å². The maximum atomic E-state index is 12.0. The van der Waals surface area contributed by atoms with E-state index in [0.717, 1.165) is 12.4 Å². The standard InChI is InChI=1S/C11H10N6O2S/c12-5-8-1-3-9(4-2-8)17-20(18,19)10-6-14-11(16-13)15-7-10/h1-4,6-7,17H,13H2,(H,14,15,16). The normalized spacial score (nSPS) is 10.6. The molecule has 0 atom stereocenters. The van der Waals surface area contributed by atoms with Crippen LogP contribution in [-0.2, 0) is 10.0 Å². The minimum absolute atomic E-state index is 0.0964. The summed E-state index contributed by atoms with van der Waals surface area (Å²) >= 11 is 0. The van der Waals surface area contributed by atoms with Crippen LogP contribution in [-0.4, -0.2) is 18.4 Å². The van der Waals surface area contributed by atoms with Crippen molar-refractivity contribution in [3.63, 3.8) is 0 Å². The summed E-state index contributed by atoms with van der Waals surface area (Å²) in [5.74, 6) is 5.21. The maximum Gasteiger partial charge on any atom is 0.264 e. The monoisotopic (exact) mass is 290 g/mol.